The van der Waals surface area contributed by atoms with Crippen molar-refractivity contribution in [3.05, 3.63) is 479 Å². The second-order valence-electron chi connectivity index (χ2n) is 28.0. The van der Waals surface area contributed by atoms with E-state index in [2.05, 4.69) is 381 Å². The molecule has 16 aromatic carbocycles. The molecule has 1 aromatic heterocycles. The molecule has 0 bridgehead atoms. The van der Waals surface area contributed by atoms with E-state index in [9.17, 15) is 0 Å². The summed E-state index contributed by atoms with van der Waals surface area (Å²) in [4.78, 5) is 18.2. The van der Waals surface area contributed by atoms with Gasteiger partial charge in [0.1, 0.15) is 0 Å². The minimum atomic E-state index is -0.967. The van der Waals surface area contributed by atoms with Crippen LogP contribution in [0.3, 0.4) is 0 Å². The Morgan fingerprint density at radius 2 is 0.396 bits per heavy atom. The lowest BCUT2D eigenvalue weighted by atomic mass is 9.60. The molecule has 0 spiro atoms. The van der Waals surface area contributed by atoms with E-state index in [4.69, 9.17) is 15.0 Å². The van der Waals surface area contributed by atoms with Crippen LogP contribution < -0.4 is 4.90 Å². The Morgan fingerprint density at radius 1 is 0.160 bits per heavy atom. The molecule has 3 aliphatic carbocycles. The van der Waals surface area contributed by atoms with Gasteiger partial charge in [-0.05, 0) is 159 Å². The molecule has 0 N–H and O–H groups in total. The van der Waals surface area contributed by atoms with Gasteiger partial charge in [0, 0.05) is 33.8 Å². The molecule has 0 saturated heterocycles. The molecule has 0 radical (unpaired) electrons. The van der Waals surface area contributed by atoms with Gasteiger partial charge in [0.05, 0.1) is 16.2 Å². The summed E-state index contributed by atoms with van der Waals surface area (Å²) in [5, 5.41) is 0. The molecular weight excluding hydrogens is 1280 g/mol. The van der Waals surface area contributed by atoms with Gasteiger partial charge in [-0.3, -0.25) is 0 Å². The van der Waals surface area contributed by atoms with Crippen LogP contribution in [0.1, 0.15) is 66.8 Å². The minimum absolute atomic E-state index is 0.597. The van der Waals surface area contributed by atoms with Crippen molar-refractivity contribution in [2.45, 2.75) is 16.2 Å². The molecule has 0 aliphatic heterocycles. The first-order chi connectivity index (χ1) is 52.5. The van der Waals surface area contributed by atoms with Gasteiger partial charge in [0.25, 0.3) is 0 Å². The van der Waals surface area contributed by atoms with Gasteiger partial charge < -0.3 is 4.90 Å². The zero-order valence-corrected chi connectivity index (χ0v) is 58.0. The lowest BCUT2D eigenvalue weighted by molar-refractivity contribution is 0.713. The molecule has 4 heteroatoms. The van der Waals surface area contributed by atoms with Crippen LogP contribution >= 0.6 is 0 Å². The Morgan fingerprint density at radius 3 is 0.717 bits per heavy atom. The maximum absolute atomic E-state index is 5.30. The van der Waals surface area contributed by atoms with Crippen LogP contribution in [0.25, 0.3) is 89.8 Å². The zero-order valence-electron chi connectivity index (χ0n) is 58.0. The first-order valence-corrected chi connectivity index (χ1v) is 36.5. The largest absolute Gasteiger partial charge is 0.310 e. The summed E-state index contributed by atoms with van der Waals surface area (Å²) in [5.41, 5.74) is 29.2. The van der Waals surface area contributed by atoms with Crippen molar-refractivity contribution in [2.24, 2.45) is 0 Å². The third kappa shape index (κ3) is 9.72. The number of hydrogen-bond acceptors (Lipinski definition) is 4. The smallest absolute Gasteiger partial charge is 0.164 e. The van der Waals surface area contributed by atoms with Gasteiger partial charge in [-0.2, -0.15) is 0 Å². The molecule has 0 saturated carbocycles. The molecule has 4 nitrogen and oxygen atoms in total. The molecule has 3 aliphatic rings. The molecule has 1 atom stereocenters. The van der Waals surface area contributed by atoms with Crippen LogP contribution in [0, 0.1) is 0 Å². The molecule has 1 heterocycles. The topological polar surface area (TPSA) is 41.9 Å². The van der Waals surface area contributed by atoms with E-state index in [1.54, 1.807) is 0 Å². The summed E-state index contributed by atoms with van der Waals surface area (Å²) in [6.07, 6.45) is 0. The van der Waals surface area contributed by atoms with Crippen molar-refractivity contribution in [3.8, 4) is 89.8 Å². The average molecular weight is 1350 g/mol. The van der Waals surface area contributed by atoms with Crippen LogP contribution in [-0.4, -0.2) is 15.0 Å². The molecule has 496 valence electrons. The van der Waals surface area contributed by atoms with E-state index in [0.29, 0.717) is 17.5 Å². The predicted molar refractivity (Wildman–Crippen MR) is 434 cm³/mol. The summed E-state index contributed by atoms with van der Waals surface area (Å²) in [6, 6.07) is 153. The molecule has 106 heavy (non-hydrogen) atoms. The van der Waals surface area contributed by atoms with E-state index in [1.807, 2.05) is 36.4 Å². The lowest BCUT2D eigenvalue weighted by Gasteiger charge is -2.41. The number of fused-ring (bicyclic) bond motifs is 9. The van der Waals surface area contributed by atoms with E-state index in [0.717, 1.165) is 78.3 Å². The van der Waals surface area contributed by atoms with Crippen LogP contribution in [0.4, 0.5) is 17.1 Å². The number of para-hydroxylation sites is 2. The van der Waals surface area contributed by atoms with Crippen molar-refractivity contribution < 1.29 is 0 Å². The summed E-state index contributed by atoms with van der Waals surface area (Å²) in [7, 11) is 0. The second-order valence-corrected chi connectivity index (χ2v) is 28.0. The monoisotopic (exact) mass is 1350 g/mol. The highest BCUT2D eigenvalue weighted by Gasteiger charge is 2.53. The Labute approximate surface area is 618 Å². The van der Waals surface area contributed by atoms with Crippen molar-refractivity contribution in [3.63, 3.8) is 0 Å². The van der Waals surface area contributed by atoms with Gasteiger partial charge in [0.2, 0.25) is 0 Å². The van der Waals surface area contributed by atoms with E-state index in [1.165, 1.54) is 77.9 Å². The van der Waals surface area contributed by atoms with Gasteiger partial charge in [-0.25, -0.2) is 15.0 Å². The number of benzene rings is 16. The van der Waals surface area contributed by atoms with Gasteiger partial charge in [-0.1, -0.05) is 376 Å². The molecule has 0 amide bonds. The summed E-state index contributed by atoms with van der Waals surface area (Å²) >= 11 is 0. The zero-order chi connectivity index (χ0) is 70.2. The van der Waals surface area contributed by atoms with E-state index < -0.39 is 16.2 Å². The number of aromatic nitrogens is 3. The highest BCUT2D eigenvalue weighted by molar-refractivity contribution is 5.93. The number of nitrogens with zero attached hydrogens (tertiary/aromatic N) is 4. The van der Waals surface area contributed by atoms with Crippen molar-refractivity contribution in [1.82, 2.24) is 15.0 Å². The van der Waals surface area contributed by atoms with Gasteiger partial charge in [0.15, 0.2) is 17.5 Å². The van der Waals surface area contributed by atoms with E-state index >= 15 is 0 Å². The summed E-state index contributed by atoms with van der Waals surface area (Å²) in [6.45, 7) is 0. The highest BCUT2D eigenvalue weighted by Crippen LogP contribution is 2.64. The third-order valence-corrected chi connectivity index (χ3v) is 22.6. The molecule has 0 fully saturated rings. The predicted octanol–water partition coefficient (Wildman–Crippen LogP) is 24.8. The molecule has 17 aromatic rings. The number of hydrogen-bond donors (Lipinski definition) is 0. The molecular formula is C102H68N4. The number of rotatable bonds is 14. The van der Waals surface area contributed by atoms with Crippen molar-refractivity contribution >= 4 is 17.1 Å². The Kier molecular flexibility index (Phi) is 14.9. The maximum atomic E-state index is 5.30. The fourth-order valence-corrected chi connectivity index (χ4v) is 18.0. The lowest BCUT2D eigenvalue weighted by Crippen LogP contribution is -2.35. The summed E-state index contributed by atoms with van der Waals surface area (Å²) < 4.78 is 0. The number of anilines is 3. The Hall–Kier alpha value is -13.7. The Bertz CT molecular complexity index is 5970. The van der Waals surface area contributed by atoms with Crippen LogP contribution in [-0.2, 0) is 16.2 Å². The maximum Gasteiger partial charge on any atom is 0.164 e. The Balaban J connectivity index is 0.928. The molecule has 20 rings (SSSR count). The van der Waals surface area contributed by atoms with Crippen LogP contribution in [0.5, 0.6) is 0 Å². The first kappa shape index (κ1) is 62.1. The quantitative estimate of drug-likeness (QED) is 0.109. The fraction of sp³-hybridized carbons (Fsp3) is 0.0294. The van der Waals surface area contributed by atoms with Crippen molar-refractivity contribution in [2.75, 3.05) is 4.90 Å². The minimum Gasteiger partial charge on any atom is -0.310 e. The SMILES string of the molecule is c1ccc(-c2ccc(C3(c4cc(C5(c6ccc(-c7nc(-c8ccccc8)nc(-c8ccccc8)n7)cc6)c6ccccc6-c6ccccc65)cc(C5(c6ccc(-c7ccccc7)cc6)c6ccccc6-c6ccc(N(c7ccccc7)c7ccccc7)cc65)c4)c4ccccc4-c4ccccc43)cc2)cc1. The molecule has 1 unspecified atom stereocenters. The fourth-order valence-electron chi connectivity index (χ4n) is 18.0. The second kappa shape index (κ2) is 25.4. The van der Waals surface area contributed by atoms with Crippen molar-refractivity contribution in [1.29, 1.82) is 0 Å². The average Bonchev–Trinajstić information content (AvgIpc) is 1.48. The standard InChI is InChI=1S/C102H68N4/c1-7-29-69(30-8-1)71-51-57-76(58-52-71)100(91-46-24-19-41-85(91)86-42-20-25-47-92(86)100)79-65-80(101(93-48-26-21-43-87(93)88-44-22-27-49-94(88)101)77-61-55-75(56-62-77)99-104-97(73-33-11-3-12-34-73)103-98(105-99)74-35-13-4-14-36-74)67-81(66-79)102(78-59-53-72(54-60-78)70-31-9-2-10-32-70)95-50-28-23-45-89(95)90-64-63-84(68-96(90)102)106(82-37-15-5-16-38-82)83-39-17-6-18-40-83/h1-68H. The highest BCUT2D eigenvalue weighted by atomic mass is 15.1. The summed E-state index contributed by atoms with van der Waals surface area (Å²) in [5.74, 6) is 1.83. The van der Waals surface area contributed by atoms with E-state index in [-0.39, 0.29) is 0 Å². The first-order valence-electron chi connectivity index (χ1n) is 36.5. The van der Waals surface area contributed by atoms with Gasteiger partial charge >= 0.3 is 0 Å². The van der Waals surface area contributed by atoms with Gasteiger partial charge in [-0.15, -0.1) is 0 Å². The normalized spacial score (nSPS) is 14.4. The third-order valence-electron chi connectivity index (χ3n) is 22.6. The van der Waals surface area contributed by atoms with Crippen LogP contribution in [0.2, 0.25) is 0 Å². The van der Waals surface area contributed by atoms with Crippen LogP contribution in [0.15, 0.2) is 413 Å².